The van der Waals surface area contributed by atoms with Gasteiger partial charge in [-0.1, -0.05) is 12.1 Å². The summed E-state index contributed by atoms with van der Waals surface area (Å²) in [6, 6.07) is 9.79. The maximum atomic E-state index is 6.29. The van der Waals surface area contributed by atoms with Crippen molar-refractivity contribution in [2.45, 2.75) is 51.8 Å². The fourth-order valence-electron chi connectivity index (χ4n) is 3.24. The number of hydrogen-bond donors (Lipinski definition) is 2. The zero-order chi connectivity index (χ0) is 18.9. The molecule has 0 aliphatic heterocycles. The first-order chi connectivity index (χ1) is 13.3. The van der Waals surface area contributed by atoms with E-state index in [4.69, 9.17) is 18.9 Å². The molecule has 0 spiro atoms. The molecule has 2 N–H and O–H groups in total. The van der Waals surface area contributed by atoms with Crippen LogP contribution in [-0.4, -0.2) is 25.7 Å². The number of nitrogens with zero attached hydrogens (tertiary/aromatic N) is 1. The van der Waals surface area contributed by atoms with Crippen LogP contribution in [0.25, 0.3) is 0 Å². The Hall–Kier alpha value is -1.90. The number of benzene rings is 1. The van der Waals surface area contributed by atoms with Crippen LogP contribution in [0.3, 0.4) is 0 Å². The minimum atomic E-state index is 0. The Morgan fingerprint density at radius 2 is 2.00 bits per heavy atom. The van der Waals surface area contributed by atoms with Crippen molar-refractivity contribution in [1.82, 2.24) is 10.6 Å². The van der Waals surface area contributed by atoms with Crippen LogP contribution in [0.15, 0.2) is 46.0 Å². The molecule has 7 heteroatoms. The number of rotatable bonds is 8. The molecule has 3 rings (SSSR count). The predicted molar refractivity (Wildman–Crippen MR) is 122 cm³/mol. The van der Waals surface area contributed by atoms with Crippen molar-refractivity contribution in [3.63, 3.8) is 0 Å². The molecular formula is C21H30IN3O3. The molecule has 0 bridgehead atoms. The van der Waals surface area contributed by atoms with Crippen molar-refractivity contribution < 1.29 is 13.9 Å². The second kappa shape index (κ2) is 11.8. The van der Waals surface area contributed by atoms with Crippen LogP contribution in [0, 0.1) is 0 Å². The van der Waals surface area contributed by atoms with Gasteiger partial charge in [-0.2, -0.15) is 0 Å². The predicted octanol–water partition coefficient (Wildman–Crippen LogP) is 4.48. The zero-order valence-corrected chi connectivity index (χ0v) is 18.9. The fourth-order valence-corrected chi connectivity index (χ4v) is 3.24. The third-order valence-corrected chi connectivity index (χ3v) is 4.63. The third-order valence-electron chi connectivity index (χ3n) is 4.63. The number of para-hydroxylation sites is 1. The molecule has 0 amide bonds. The Balaban J connectivity index is 0.00000280. The standard InChI is InChI=1S/C21H29N3O3.HI/c1-3-22-21(24-15-18-11-7-13-26-18)23-14-16-8-6-12-19(25-2)20(16)27-17-9-4-5-10-17;/h6-8,11-13,17H,3-5,9-10,14-15H2,1-2H3,(H2,22,23,24);1H. The van der Waals surface area contributed by atoms with Crippen LogP contribution in [0.4, 0.5) is 0 Å². The maximum absolute atomic E-state index is 6.29. The van der Waals surface area contributed by atoms with Crippen LogP contribution in [0.2, 0.25) is 0 Å². The van der Waals surface area contributed by atoms with E-state index < -0.39 is 0 Å². The van der Waals surface area contributed by atoms with E-state index in [0.717, 1.165) is 48.2 Å². The summed E-state index contributed by atoms with van der Waals surface area (Å²) in [5.74, 6) is 3.19. The van der Waals surface area contributed by atoms with Crippen molar-refractivity contribution in [2.24, 2.45) is 4.99 Å². The van der Waals surface area contributed by atoms with E-state index in [2.05, 4.69) is 10.6 Å². The number of hydrogen-bond acceptors (Lipinski definition) is 4. The summed E-state index contributed by atoms with van der Waals surface area (Å²) in [5, 5.41) is 6.55. The van der Waals surface area contributed by atoms with Crippen LogP contribution in [0.5, 0.6) is 11.5 Å². The molecular weight excluding hydrogens is 469 g/mol. The molecule has 2 aromatic rings. The molecule has 0 atom stereocenters. The van der Waals surface area contributed by atoms with E-state index in [1.54, 1.807) is 13.4 Å². The first-order valence-electron chi connectivity index (χ1n) is 9.67. The van der Waals surface area contributed by atoms with Crippen LogP contribution in [-0.2, 0) is 13.1 Å². The summed E-state index contributed by atoms with van der Waals surface area (Å²) in [6.45, 7) is 3.92. The smallest absolute Gasteiger partial charge is 0.191 e. The van der Waals surface area contributed by atoms with Gasteiger partial charge in [-0.25, -0.2) is 4.99 Å². The highest BCUT2D eigenvalue weighted by atomic mass is 127. The number of halogens is 1. The second-order valence-corrected chi connectivity index (χ2v) is 6.60. The monoisotopic (exact) mass is 499 g/mol. The zero-order valence-electron chi connectivity index (χ0n) is 16.6. The lowest BCUT2D eigenvalue weighted by Gasteiger charge is -2.19. The van der Waals surface area contributed by atoms with E-state index in [1.807, 2.05) is 37.3 Å². The molecule has 1 aliphatic carbocycles. The van der Waals surface area contributed by atoms with E-state index in [1.165, 1.54) is 12.8 Å². The Kier molecular flexibility index (Phi) is 9.46. The van der Waals surface area contributed by atoms with Gasteiger partial charge in [0.1, 0.15) is 5.76 Å². The van der Waals surface area contributed by atoms with Gasteiger partial charge in [0.2, 0.25) is 0 Å². The van der Waals surface area contributed by atoms with Gasteiger partial charge in [0.05, 0.1) is 32.6 Å². The van der Waals surface area contributed by atoms with Gasteiger partial charge in [-0.15, -0.1) is 24.0 Å². The van der Waals surface area contributed by atoms with Crippen LogP contribution < -0.4 is 20.1 Å². The minimum absolute atomic E-state index is 0. The van der Waals surface area contributed by atoms with E-state index in [0.29, 0.717) is 13.1 Å². The molecule has 1 fully saturated rings. The summed E-state index contributed by atoms with van der Waals surface area (Å²) in [4.78, 5) is 4.71. The highest BCUT2D eigenvalue weighted by Crippen LogP contribution is 2.35. The molecule has 1 aromatic heterocycles. The lowest BCUT2D eigenvalue weighted by Crippen LogP contribution is -2.36. The number of aliphatic imine (C=N–C) groups is 1. The van der Waals surface area contributed by atoms with Gasteiger partial charge in [0.15, 0.2) is 17.5 Å². The average Bonchev–Trinajstić information content (AvgIpc) is 3.39. The molecule has 1 saturated carbocycles. The van der Waals surface area contributed by atoms with Crippen molar-refractivity contribution >= 4 is 29.9 Å². The first kappa shape index (κ1) is 22.4. The topological polar surface area (TPSA) is 68.0 Å². The summed E-state index contributed by atoms with van der Waals surface area (Å²) >= 11 is 0. The summed E-state index contributed by atoms with van der Waals surface area (Å²) in [6.07, 6.45) is 6.62. The second-order valence-electron chi connectivity index (χ2n) is 6.60. The van der Waals surface area contributed by atoms with Crippen molar-refractivity contribution in [2.75, 3.05) is 13.7 Å². The largest absolute Gasteiger partial charge is 0.493 e. The van der Waals surface area contributed by atoms with E-state index in [-0.39, 0.29) is 30.1 Å². The Bertz CT molecular complexity index is 729. The number of methoxy groups -OCH3 is 1. The molecule has 0 radical (unpaired) electrons. The normalized spacial score (nSPS) is 14.4. The van der Waals surface area contributed by atoms with E-state index in [9.17, 15) is 0 Å². The summed E-state index contributed by atoms with van der Waals surface area (Å²) in [5.41, 5.74) is 1.02. The fraction of sp³-hybridized carbons (Fsp3) is 0.476. The summed E-state index contributed by atoms with van der Waals surface area (Å²) in [7, 11) is 1.68. The van der Waals surface area contributed by atoms with Crippen LogP contribution in [0.1, 0.15) is 43.9 Å². The molecule has 0 unspecified atom stereocenters. The average molecular weight is 499 g/mol. The first-order valence-corrected chi connectivity index (χ1v) is 9.67. The Morgan fingerprint density at radius 3 is 2.68 bits per heavy atom. The highest BCUT2D eigenvalue weighted by Gasteiger charge is 2.20. The number of nitrogens with one attached hydrogen (secondary N) is 2. The molecule has 1 heterocycles. The van der Waals surface area contributed by atoms with Gasteiger partial charge in [0, 0.05) is 12.1 Å². The molecule has 1 aliphatic rings. The number of furan rings is 1. The van der Waals surface area contributed by atoms with Crippen LogP contribution >= 0.6 is 24.0 Å². The van der Waals surface area contributed by atoms with Gasteiger partial charge in [-0.3, -0.25) is 0 Å². The van der Waals surface area contributed by atoms with Gasteiger partial charge in [0.25, 0.3) is 0 Å². The maximum Gasteiger partial charge on any atom is 0.191 e. The lowest BCUT2D eigenvalue weighted by molar-refractivity contribution is 0.198. The molecule has 1 aromatic carbocycles. The Morgan fingerprint density at radius 1 is 1.18 bits per heavy atom. The number of guanidine groups is 1. The number of ether oxygens (including phenoxy) is 2. The van der Waals surface area contributed by atoms with Crippen molar-refractivity contribution in [3.8, 4) is 11.5 Å². The molecule has 154 valence electrons. The van der Waals surface area contributed by atoms with Gasteiger partial charge in [-0.05, 0) is 50.8 Å². The highest BCUT2D eigenvalue weighted by molar-refractivity contribution is 14.0. The summed E-state index contributed by atoms with van der Waals surface area (Å²) < 4.78 is 17.2. The minimum Gasteiger partial charge on any atom is -0.493 e. The molecule has 28 heavy (non-hydrogen) atoms. The third kappa shape index (κ3) is 6.32. The molecule has 0 saturated heterocycles. The van der Waals surface area contributed by atoms with Crippen molar-refractivity contribution in [1.29, 1.82) is 0 Å². The van der Waals surface area contributed by atoms with Gasteiger partial charge >= 0.3 is 0 Å². The van der Waals surface area contributed by atoms with E-state index >= 15 is 0 Å². The SMILES string of the molecule is CCNC(=NCc1cccc(OC)c1OC1CCCC1)NCc1ccco1.I. The van der Waals surface area contributed by atoms with Gasteiger partial charge < -0.3 is 24.5 Å². The van der Waals surface area contributed by atoms with Crippen molar-refractivity contribution in [3.05, 3.63) is 47.9 Å². The quantitative estimate of drug-likeness (QED) is 0.319. The lowest BCUT2D eigenvalue weighted by atomic mass is 10.1. The Labute approximate surface area is 184 Å². The molecule has 6 nitrogen and oxygen atoms in total.